The molecule has 0 aliphatic carbocycles. The molecule has 1 aromatic carbocycles. The van der Waals surface area contributed by atoms with Crippen molar-refractivity contribution in [2.45, 2.75) is 26.0 Å². The zero-order valence-electron chi connectivity index (χ0n) is 12.4. The Morgan fingerprint density at radius 1 is 1.32 bits per heavy atom. The van der Waals surface area contributed by atoms with Gasteiger partial charge in [-0.3, -0.25) is 4.98 Å². The van der Waals surface area contributed by atoms with Gasteiger partial charge in [0.05, 0.1) is 17.7 Å². The number of hydrogen-bond acceptors (Lipinski definition) is 4. The Morgan fingerprint density at radius 3 is 2.73 bits per heavy atom. The summed E-state index contributed by atoms with van der Waals surface area (Å²) >= 11 is 0. The summed E-state index contributed by atoms with van der Waals surface area (Å²) in [6.45, 7) is 3.91. The smallest absolute Gasteiger partial charge is 0.335 e. The van der Waals surface area contributed by atoms with Crippen molar-refractivity contribution in [3.8, 4) is 0 Å². The molecule has 114 valence electrons. The predicted molar refractivity (Wildman–Crippen MR) is 82.7 cm³/mol. The van der Waals surface area contributed by atoms with Crippen LogP contribution < -0.4 is 5.32 Å². The largest absolute Gasteiger partial charge is 0.478 e. The van der Waals surface area contributed by atoms with E-state index in [4.69, 9.17) is 5.11 Å². The van der Waals surface area contributed by atoms with E-state index in [-0.39, 0.29) is 11.6 Å². The van der Waals surface area contributed by atoms with Crippen LogP contribution in [-0.4, -0.2) is 21.2 Å². The van der Waals surface area contributed by atoms with Gasteiger partial charge >= 0.3 is 5.97 Å². The number of rotatable bonds is 2. The number of benzene rings is 1. The fraction of sp³-hybridized carbons (Fsp3) is 0.294. The molecule has 5 nitrogen and oxygen atoms in total. The van der Waals surface area contributed by atoms with Crippen molar-refractivity contribution in [3.05, 3.63) is 59.4 Å². The number of anilines is 1. The predicted octanol–water partition coefficient (Wildman–Crippen LogP) is 3.01. The van der Waals surface area contributed by atoms with Crippen LogP contribution in [0, 0.1) is 5.41 Å². The molecule has 1 aliphatic rings. The van der Waals surface area contributed by atoms with Crippen molar-refractivity contribution in [2.24, 2.45) is 5.41 Å². The van der Waals surface area contributed by atoms with Crippen molar-refractivity contribution in [3.63, 3.8) is 0 Å². The fourth-order valence-corrected chi connectivity index (χ4v) is 3.01. The van der Waals surface area contributed by atoms with Gasteiger partial charge in [-0.1, -0.05) is 19.9 Å². The lowest BCUT2D eigenvalue weighted by molar-refractivity contribution is 0.0288. The number of nitrogens with one attached hydrogen (secondary N) is 1. The van der Waals surface area contributed by atoms with Crippen LogP contribution in [0.25, 0.3) is 0 Å². The number of nitrogens with zero attached hydrogens (tertiary/aromatic N) is 1. The minimum atomic E-state index is -0.998. The number of hydrogen-bond donors (Lipinski definition) is 3. The first kappa shape index (κ1) is 14.5. The number of aromatic nitrogens is 1. The van der Waals surface area contributed by atoms with Gasteiger partial charge in [0.15, 0.2) is 0 Å². The van der Waals surface area contributed by atoms with Crippen molar-refractivity contribution in [2.75, 3.05) is 5.32 Å². The first-order chi connectivity index (χ1) is 10.4. The maximum Gasteiger partial charge on any atom is 0.335 e. The van der Waals surface area contributed by atoms with E-state index >= 15 is 0 Å². The molecule has 22 heavy (non-hydrogen) atoms. The second-order valence-corrected chi connectivity index (χ2v) is 6.19. The number of pyridine rings is 1. The van der Waals surface area contributed by atoms with E-state index in [1.165, 1.54) is 6.07 Å². The lowest BCUT2D eigenvalue weighted by Gasteiger charge is -2.44. The Morgan fingerprint density at radius 2 is 2.09 bits per heavy atom. The minimum absolute atomic E-state index is 0.112. The van der Waals surface area contributed by atoms with Crippen molar-refractivity contribution in [1.82, 2.24) is 4.98 Å². The van der Waals surface area contributed by atoms with Gasteiger partial charge in [-0.05, 0) is 29.8 Å². The Balaban J connectivity index is 2.08. The number of carbonyl (C=O) groups is 1. The molecule has 2 heterocycles. The molecular weight excluding hydrogens is 280 g/mol. The molecule has 2 atom stereocenters. The highest BCUT2D eigenvalue weighted by Gasteiger charge is 2.43. The van der Waals surface area contributed by atoms with E-state index in [0.717, 1.165) is 11.3 Å². The second-order valence-electron chi connectivity index (χ2n) is 6.19. The van der Waals surface area contributed by atoms with E-state index < -0.39 is 17.5 Å². The Bertz CT molecular complexity index is 713. The Kier molecular flexibility index (Phi) is 3.37. The minimum Gasteiger partial charge on any atom is -0.478 e. The summed E-state index contributed by atoms with van der Waals surface area (Å²) in [4.78, 5) is 15.3. The molecule has 0 saturated heterocycles. The molecule has 1 aromatic heterocycles. The average Bonchev–Trinajstić information content (AvgIpc) is 2.51. The molecule has 0 amide bonds. The van der Waals surface area contributed by atoms with E-state index in [1.807, 2.05) is 26.0 Å². The highest BCUT2D eigenvalue weighted by atomic mass is 16.4. The topological polar surface area (TPSA) is 82.5 Å². The third-order valence-corrected chi connectivity index (χ3v) is 4.36. The van der Waals surface area contributed by atoms with Gasteiger partial charge in [0.1, 0.15) is 0 Å². The lowest BCUT2D eigenvalue weighted by Crippen LogP contribution is -2.38. The number of carboxylic acids is 1. The second kappa shape index (κ2) is 5.10. The summed E-state index contributed by atoms with van der Waals surface area (Å²) < 4.78 is 0. The fourth-order valence-electron chi connectivity index (χ4n) is 3.01. The van der Waals surface area contributed by atoms with Crippen LogP contribution in [0.3, 0.4) is 0 Å². The van der Waals surface area contributed by atoms with Gasteiger partial charge in [0.2, 0.25) is 0 Å². The quantitative estimate of drug-likeness (QED) is 0.794. The number of aromatic carboxylic acids is 1. The van der Waals surface area contributed by atoms with Crippen molar-refractivity contribution in [1.29, 1.82) is 0 Å². The molecule has 2 aromatic rings. The molecule has 0 bridgehead atoms. The van der Waals surface area contributed by atoms with Crippen LogP contribution in [-0.2, 0) is 0 Å². The normalized spacial score (nSPS) is 22.5. The first-order valence-electron chi connectivity index (χ1n) is 7.13. The molecule has 3 rings (SSSR count). The molecule has 1 aliphatic heterocycles. The molecular formula is C17H18N2O3. The van der Waals surface area contributed by atoms with Gasteiger partial charge in [-0.25, -0.2) is 4.79 Å². The zero-order valence-corrected chi connectivity index (χ0v) is 12.4. The third kappa shape index (κ3) is 2.23. The molecule has 0 radical (unpaired) electrons. The van der Waals surface area contributed by atoms with E-state index in [1.54, 1.807) is 24.5 Å². The maximum absolute atomic E-state index is 11.1. The van der Waals surface area contributed by atoms with Crippen LogP contribution in [0.15, 0.2) is 42.7 Å². The van der Waals surface area contributed by atoms with Gasteiger partial charge in [0.25, 0.3) is 0 Å². The van der Waals surface area contributed by atoms with Crippen molar-refractivity contribution >= 4 is 11.7 Å². The molecule has 3 N–H and O–H groups in total. The summed E-state index contributed by atoms with van der Waals surface area (Å²) in [6, 6.07) is 8.51. The van der Waals surface area contributed by atoms with Gasteiger partial charge in [-0.2, -0.15) is 0 Å². The number of aliphatic hydroxyl groups is 1. The van der Waals surface area contributed by atoms with E-state index in [2.05, 4.69) is 10.3 Å². The summed E-state index contributed by atoms with van der Waals surface area (Å²) in [5.41, 5.74) is 2.03. The van der Waals surface area contributed by atoms with Crippen molar-refractivity contribution < 1.29 is 15.0 Å². The first-order valence-corrected chi connectivity index (χ1v) is 7.13. The number of fused-ring (bicyclic) bond motifs is 1. The summed E-state index contributed by atoms with van der Waals surface area (Å²) in [5, 5.41) is 23.3. The summed E-state index contributed by atoms with van der Waals surface area (Å²) in [7, 11) is 0. The molecule has 0 spiro atoms. The summed E-state index contributed by atoms with van der Waals surface area (Å²) in [6.07, 6.45) is 2.72. The third-order valence-electron chi connectivity index (χ3n) is 4.36. The Labute approximate surface area is 128 Å². The standard InChI is InChI=1S/C17H18N2O3/c1-17(2)14(11-4-3-7-18-9-11)19-13-6-5-10(16(21)22)8-12(13)15(17)20/h3-9,14-15,19-20H,1-2H3,(H,21,22). The lowest BCUT2D eigenvalue weighted by atomic mass is 9.71. The van der Waals surface area contributed by atoms with Gasteiger partial charge in [-0.15, -0.1) is 0 Å². The SMILES string of the molecule is CC1(C)C(O)c2cc(C(=O)O)ccc2NC1c1cccnc1. The molecule has 2 unspecified atom stereocenters. The zero-order chi connectivity index (χ0) is 15.9. The van der Waals surface area contributed by atoms with Crippen LogP contribution in [0.2, 0.25) is 0 Å². The van der Waals surface area contributed by atoms with Crippen LogP contribution in [0.5, 0.6) is 0 Å². The molecule has 5 heteroatoms. The number of carboxylic acid groups (broad SMARTS) is 1. The highest BCUT2D eigenvalue weighted by molar-refractivity contribution is 5.88. The van der Waals surface area contributed by atoms with E-state index in [0.29, 0.717) is 5.56 Å². The van der Waals surface area contributed by atoms with E-state index in [9.17, 15) is 9.90 Å². The van der Waals surface area contributed by atoms with Crippen LogP contribution >= 0.6 is 0 Å². The highest BCUT2D eigenvalue weighted by Crippen LogP contribution is 2.51. The van der Waals surface area contributed by atoms with Crippen LogP contribution in [0.4, 0.5) is 5.69 Å². The van der Waals surface area contributed by atoms with Gasteiger partial charge < -0.3 is 15.5 Å². The van der Waals surface area contributed by atoms with Crippen LogP contribution in [0.1, 0.15) is 47.5 Å². The average molecular weight is 298 g/mol. The molecule has 0 saturated carbocycles. The molecule has 0 fully saturated rings. The summed E-state index contributed by atoms with van der Waals surface area (Å²) in [5.74, 6) is -0.998. The number of aliphatic hydroxyl groups excluding tert-OH is 1. The Hall–Kier alpha value is -2.40. The monoisotopic (exact) mass is 298 g/mol. The maximum atomic E-state index is 11.1. The van der Waals surface area contributed by atoms with Gasteiger partial charge in [0, 0.05) is 29.1 Å².